The summed E-state index contributed by atoms with van der Waals surface area (Å²) in [6.45, 7) is 7.72. The van der Waals surface area contributed by atoms with E-state index in [1.54, 1.807) is 32.0 Å². The van der Waals surface area contributed by atoms with Crippen molar-refractivity contribution in [2.45, 2.75) is 33.6 Å². The molecular formula is C19H22FO4P. The second kappa shape index (κ2) is 8.01. The zero-order chi connectivity index (χ0) is 18.6. The number of fused-ring (bicyclic) bond motifs is 1. The maximum atomic E-state index is 14.1. The Bertz CT molecular complexity index is 845. The molecule has 0 bridgehead atoms. The molecule has 0 aromatic heterocycles. The van der Waals surface area contributed by atoms with E-state index in [4.69, 9.17) is 20.0 Å². The first-order chi connectivity index (χ1) is 11.8. The van der Waals surface area contributed by atoms with E-state index in [2.05, 4.69) is 5.92 Å². The first-order valence-electron chi connectivity index (χ1n) is 8.16. The molecule has 0 aliphatic carbocycles. The van der Waals surface area contributed by atoms with Crippen LogP contribution >= 0.6 is 7.82 Å². The summed E-state index contributed by atoms with van der Waals surface area (Å²) in [7, 11) is -3.71. The highest BCUT2D eigenvalue weighted by Gasteiger charge is 2.28. The highest BCUT2D eigenvalue weighted by Crippen LogP contribution is 2.50. The molecule has 0 heterocycles. The molecule has 0 radical (unpaired) electrons. The number of phosphoric ester groups is 1. The molecular weight excluding hydrogens is 342 g/mol. The van der Waals surface area contributed by atoms with Crippen molar-refractivity contribution >= 4 is 18.6 Å². The zero-order valence-electron chi connectivity index (χ0n) is 14.8. The molecule has 0 saturated heterocycles. The Morgan fingerprint density at radius 2 is 1.84 bits per heavy atom. The lowest BCUT2D eigenvalue weighted by Gasteiger charge is -2.19. The first kappa shape index (κ1) is 19.5. The Labute approximate surface area is 147 Å². The normalized spacial score (nSPS) is 11.7. The van der Waals surface area contributed by atoms with Gasteiger partial charge < -0.3 is 4.52 Å². The van der Waals surface area contributed by atoms with Gasteiger partial charge in [0, 0.05) is 5.39 Å². The fourth-order valence-corrected chi connectivity index (χ4v) is 3.81. The third-order valence-corrected chi connectivity index (χ3v) is 5.21. The van der Waals surface area contributed by atoms with Crippen LogP contribution in [0.2, 0.25) is 0 Å². The average molecular weight is 364 g/mol. The Morgan fingerprint density at radius 3 is 2.36 bits per heavy atom. The second-order valence-electron chi connectivity index (χ2n) is 5.71. The van der Waals surface area contributed by atoms with E-state index < -0.39 is 13.6 Å². The van der Waals surface area contributed by atoms with Crippen molar-refractivity contribution in [2.75, 3.05) is 13.2 Å². The van der Waals surface area contributed by atoms with E-state index in [0.29, 0.717) is 16.5 Å². The Morgan fingerprint density at radius 1 is 1.20 bits per heavy atom. The molecule has 0 aliphatic heterocycles. The number of phosphoric acid groups is 1. The van der Waals surface area contributed by atoms with Gasteiger partial charge in [-0.15, -0.1) is 6.42 Å². The molecule has 0 atom stereocenters. The van der Waals surface area contributed by atoms with Crippen molar-refractivity contribution in [1.82, 2.24) is 0 Å². The molecule has 0 amide bonds. The maximum absolute atomic E-state index is 14.1. The predicted octanol–water partition coefficient (Wildman–Crippen LogP) is 5.64. The van der Waals surface area contributed by atoms with Crippen molar-refractivity contribution in [3.05, 3.63) is 41.2 Å². The van der Waals surface area contributed by atoms with Crippen LogP contribution in [0.5, 0.6) is 5.75 Å². The average Bonchev–Trinajstić information content (AvgIpc) is 2.54. The first-order valence-corrected chi connectivity index (χ1v) is 9.62. The summed E-state index contributed by atoms with van der Waals surface area (Å²) in [4.78, 5) is 0. The standard InChI is InChI=1S/C19H22FO4P/c1-6-16-18(20)10-9-14-11-15(12-17(13(4)5)19(14)16)24-25(21,22-7-2)23-8-3/h1,9-13H,7-8H2,2-5H3. The van der Waals surface area contributed by atoms with Crippen LogP contribution in [0.3, 0.4) is 0 Å². The maximum Gasteiger partial charge on any atom is 0.530 e. The third kappa shape index (κ3) is 4.22. The topological polar surface area (TPSA) is 44.8 Å². The highest BCUT2D eigenvalue weighted by molar-refractivity contribution is 7.48. The molecule has 6 heteroatoms. The van der Waals surface area contributed by atoms with E-state index >= 15 is 0 Å². The third-order valence-electron chi connectivity index (χ3n) is 3.63. The summed E-state index contributed by atoms with van der Waals surface area (Å²) >= 11 is 0. The van der Waals surface area contributed by atoms with E-state index in [1.165, 1.54) is 6.07 Å². The molecule has 2 rings (SSSR count). The van der Waals surface area contributed by atoms with Crippen LogP contribution < -0.4 is 4.52 Å². The minimum atomic E-state index is -3.71. The fourth-order valence-electron chi connectivity index (χ4n) is 2.63. The molecule has 0 unspecified atom stereocenters. The van der Waals surface area contributed by atoms with E-state index in [1.807, 2.05) is 13.8 Å². The SMILES string of the molecule is C#Cc1c(F)ccc2cc(OP(=O)(OCC)OCC)cc(C(C)C)c12. The quantitative estimate of drug-likeness (QED) is 0.471. The van der Waals surface area contributed by atoms with E-state index in [-0.39, 0.29) is 24.7 Å². The molecule has 2 aromatic carbocycles. The van der Waals surface area contributed by atoms with Gasteiger partial charge in [-0.25, -0.2) is 8.96 Å². The molecule has 0 fully saturated rings. The van der Waals surface area contributed by atoms with Crippen LogP contribution in [0, 0.1) is 18.2 Å². The van der Waals surface area contributed by atoms with Crippen molar-refractivity contribution < 1.29 is 22.5 Å². The van der Waals surface area contributed by atoms with Gasteiger partial charge >= 0.3 is 7.82 Å². The largest absolute Gasteiger partial charge is 0.530 e. The summed E-state index contributed by atoms with van der Waals surface area (Å²) in [5, 5.41) is 1.36. The summed E-state index contributed by atoms with van der Waals surface area (Å²) in [6.07, 6.45) is 5.50. The van der Waals surface area contributed by atoms with Crippen LogP contribution in [0.1, 0.15) is 44.7 Å². The Balaban J connectivity index is 2.63. The summed E-state index contributed by atoms with van der Waals surface area (Å²) in [6, 6.07) is 6.30. The lowest BCUT2D eigenvalue weighted by atomic mass is 9.92. The lowest BCUT2D eigenvalue weighted by molar-refractivity contribution is 0.167. The Hall–Kier alpha value is -1.86. The monoisotopic (exact) mass is 364 g/mol. The van der Waals surface area contributed by atoms with Crippen LogP contribution in [-0.2, 0) is 13.6 Å². The minimum Gasteiger partial charge on any atom is -0.404 e. The van der Waals surface area contributed by atoms with Crippen molar-refractivity contribution in [1.29, 1.82) is 0 Å². The van der Waals surface area contributed by atoms with Gasteiger partial charge in [0.25, 0.3) is 0 Å². The van der Waals surface area contributed by atoms with Gasteiger partial charge in [-0.2, -0.15) is 0 Å². The Kier molecular flexibility index (Phi) is 6.24. The molecule has 4 nitrogen and oxygen atoms in total. The van der Waals surface area contributed by atoms with Crippen LogP contribution in [0.4, 0.5) is 4.39 Å². The fraction of sp³-hybridized carbons (Fsp3) is 0.368. The molecule has 0 saturated carbocycles. The zero-order valence-corrected chi connectivity index (χ0v) is 15.7. The van der Waals surface area contributed by atoms with E-state index in [0.717, 1.165) is 5.56 Å². The molecule has 0 aliphatic rings. The van der Waals surface area contributed by atoms with Gasteiger partial charge in [0.15, 0.2) is 0 Å². The number of benzene rings is 2. The number of rotatable bonds is 7. The smallest absolute Gasteiger partial charge is 0.404 e. The number of hydrogen-bond acceptors (Lipinski definition) is 4. The molecule has 134 valence electrons. The van der Waals surface area contributed by atoms with Crippen LogP contribution in [-0.4, -0.2) is 13.2 Å². The number of terminal acetylenes is 1. The summed E-state index contributed by atoms with van der Waals surface area (Å²) in [5.41, 5.74) is 1.02. The lowest BCUT2D eigenvalue weighted by Crippen LogP contribution is -2.03. The van der Waals surface area contributed by atoms with Gasteiger partial charge in [0.05, 0.1) is 18.8 Å². The van der Waals surface area contributed by atoms with Crippen LogP contribution in [0.25, 0.3) is 10.8 Å². The van der Waals surface area contributed by atoms with Gasteiger partial charge in [0.1, 0.15) is 11.6 Å². The molecule has 2 aromatic rings. The van der Waals surface area contributed by atoms with E-state index in [9.17, 15) is 8.96 Å². The number of halogens is 1. The predicted molar refractivity (Wildman–Crippen MR) is 97.4 cm³/mol. The second-order valence-corrected chi connectivity index (χ2v) is 7.30. The number of hydrogen-bond donors (Lipinski definition) is 0. The van der Waals surface area contributed by atoms with Gasteiger partial charge in [-0.3, -0.25) is 9.05 Å². The molecule has 25 heavy (non-hydrogen) atoms. The van der Waals surface area contributed by atoms with Gasteiger partial charge in [0.2, 0.25) is 0 Å². The van der Waals surface area contributed by atoms with Crippen molar-refractivity contribution in [3.8, 4) is 18.1 Å². The van der Waals surface area contributed by atoms with Gasteiger partial charge in [-0.05, 0) is 48.9 Å². The molecule has 0 N–H and O–H groups in total. The summed E-state index contributed by atoms with van der Waals surface area (Å²) in [5.74, 6) is 2.36. The van der Waals surface area contributed by atoms with Crippen molar-refractivity contribution in [3.63, 3.8) is 0 Å². The minimum absolute atomic E-state index is 0.0542. The van der Waals surface area contributed by atoms with Gasteiger partial charge in [-0.1, -0.05) is 25.8 Å². The molecule has 0 spiro atoms. The van der Waals surface area contributed by atoms with Crippen molar-refractivity contribution in [2.24, 2.45) is 0 Å². The van der Waals surface area contributed by atoms with Crippen LogP contribution in [0.15, 0.2) is 24.3 Å². The summed E-state index contributed by atoms with van der Waals surface area (Å²) < 4.78 is 42.6. The highest BCUT2D eigenvalue weighted by atomic mass is 31.2.